The number of amides is 2. The number of thiophene rings is 1. The highest BCUT2D eigenvalue weighted by atomic mass is 32.1. The highest BCUT2D eigenvalue weighted by Crippen LogP contribution is 2.29. The van der Waals surface area contributed by atoms with Gasteiger partial charge < -0.3 is 10.2 Å². The number of rotatable bonds is 4. The first-order valence-corrected chi connectivity index (χ1v) is 11.0. The Morgan fingerprint density at radius 2 is 1.83 bits per heavy atom. The van der Waals surface area contributed by atoms with Gasteiger partial charge in [0.05, 0.1) is 5.69 Å². The first-order chi connectivity index (χ1) is 14.5. The number of anilines is 1. The van der Waals surface area contributed by atoms with Gasteiger partial charge in [-0.3, -0.25) is 9.59 Å². The monoisotopic (exact) mass is 420 g/mol. The molecule has 1 aromatic carbocycles. The van der Waals surface area contributed by atoms with Crippen LogP contribution in [0.1, 0.15) is 47.6 Å². The van der Waals surface area contributed by atoms with Crippen LogP contribution < -0.4 is 5.32 Å². The molecule has 0 aliphatic carbocycles. The number of aromatic nitrogens is 2. The van der Waals surface area contributed by atoms with Crippen molar-refractivity contribution in [2.24, 2.45) is 0 Å². The van der Waals surface area contributed by atoms with Gasteiger partial charge in [0.15, 0.2) is 0 Å². The van der Waals surface area contributed by atoms with Gasteiger partial charge in [-0.2, -0.15) is 11.3 Å². The molecule has 3 heterocycles. The SMILES string of the molecule is CC(=O)Nc1ccc(C(=O)N2CCC(c3nc(C)cc(-c4ccsc4)n3)CC2)cc1. The minimum absolute atomic E-state index is 0.0203. The fourth-order valence-corrected chi connectivity index (χ4v) is 4.40. The minimum atomic E-state index is -0.128. The van der Waals surface area contributed by atoms with Gasteiger partial charge in [0, 0.05) is 53.8 Å². The van der Waals surface area contributed by atoms with Gasteiger partial charge in [-0.15, -0.1) is 0 Å². The molecule has 1 N–H and O–H groups in total. The Bertz CT molecular complexity index is 1040. The van der Waals surface area contributed by atoms with E-state index in [0.29, 0.717) is 24.3 Å². The van der Waals surface area contributed by atoms with E-state index in [9.17, 15) is 9.59 Å². The molecule has 4 rings (SSSR count). The van der Waals surface area contributed by atoms with Crippen LogP contribution >= 0.6 is 11.3 Å². The van der Waals surface area contributed by atoms with Crippen molar-refractivity contribution in [1.29, 1.82) is 0 Å². The summed E-state index contributed by atoms with van der Waals surface area (Å²) in [6, 6.07) is 11.1. The Kier molecular flexibility index (Phi) is 5.90. The number of nitrogens with zero attached hydrogens (tertiary/aromatic N) is 3. The third-order valence-corrected chi connectivity index (χ3v) is 5.97. The average molecular weight is 421 g/mol. The third kappa shape index (κ3) is 4.57. The van der Waals surface area contributed by atoms with E-state index in [1.54, 1.807) is 35.6 Å². The Morgan fingerprint density at radius 3 is 2.47 bits per heavy atom. The molecule has 1 saturated heterocycles. The van der Waals surface area contributed by atoms with Crippen LogP contribution in [0.25, 0.3) is 11.3 Å². The minimum Gasteiger partial charge on any atom is -0.339 e. The second-order valence-corrected chi connectivity index (χ2v) is 8.37. The van der Waals surface area contributed by atoms with Crippen LogP contribution in [0.5, 0.6) is 0 Å². The van der Waals surface area contributed by atoms with Crippen LogP contribution in [0.3, 0.4) is 0 Å². The van der Waals surface area contributed by atoms with E-state index in [1.165, 1.54) is 6.92 Å². The summed E-state index contributed by atoms with van der Waals surface area (Å²) in [6.45, 7) is 4.83. The average Bonchev–Trinajstić information content (AvgIpc) is 3.28. The molecule has 6 nitrogen and oxygen atoms in total. The van der Waals surface area contributed by atoms with Crippen molar-refractivity contribution in [3.05, 3.63) is 64.2 Å². The van der Waals surface area contributed by atoms with Crippen molar-refractivity contribution >= 4 is 28.8 Å². The van der Waals surface area contributed by atoms with Crippen molar-refractivity contribution in [3.63, 3.8) is 0 Å². The molecular formula is C23H24N4O2S. The normalized spacial score (nSPS) is 14.5. The van der Waals surface area contributed by atoms with E-state index >= 15 is 0 Å². The Hall–Kier alpha value is -3.06. The van der Waals surface area contributed by atoms with E-state index < -0.39 is 0 Å². The maximum atomic E-state index is 12.8. The Balaban J connectivity index is 1.41. The van der Waals surface area contributed by atoms with Crippen molar-refractivity contribution in [2.45, 2.75) is 32.6 Å². The molecule has 1 aliphatic heterocycles. The standard InChI is InChI=1S/C23H24N4O2S/c1-15-13-21(19-9-12-30-14-19)26-22(24-15)17-7-10-27(11-8-17)23(29)18-3-5-20(6-4-18)25-16(2)28/h3-6,9,12-14,17H,7-8,10-11H2,1-2H3,(H,25,28). The molecule has 0 atom stereocenters. The predicted octanol–water partition coefficient (Wildman–Crippen LogP) is 4.49. The van der Waals surface area contributed by atoms with E-state index in [0.717, 1.165) is 35.6 Å². The second-order valence-electron chi connectivity index (χ2n) is 7.59. The summed E-state index contributed by atoms with van der Waals surface area (Å²) < 4.78 is 0. The van der Waals surface area contributed by atoms with Gasteiger partial charge in [-0.25, -0.2) is 9.97 Å². The summed E-state index contributed by atoms with van der Waals surface area (Å²) in [4.78, 5) is 35.4. The van der Waals surface area contributed by atoms with E-state index in [4.69, 9.17) is 4.98 Å². The summed E-state index contributed by atoms with van der Waals surface area (Å²) in [5, 5.41) is 6.87. The zero-order valence-electron chi connectivity index (χ0n) is 17.1. The first-order valence-electron chi connectivity index (χ1n) is 10.0. The molecule has 2 amide bonds. The Labute approximate surface area is 180 Å². The van der Waals surface area contributed by atoms with Gasteiger partial charge in [0.25, 0.3) is 5.91 Å². The fraction of sp³-hybridized carbons (Fsp3) is 0.304. The largest absolute Gasteiger partial charge is 0.339 e. The number of benzene rings is 1. The Morgan fingerprint density at radius 1 is 1.10 bits per heavy atom. The number of piperidine rings is 1. The molecule has 2 aromatic heterocycles. The van der Waals surface area contributed by atoms with Crippen LogP contribution in [-0.4, -0.2) is 39.8 Å². The van der Waals surface area contributed by atoms with Crippen LogP contribution in [0.4, 0.5) is 5.69 Å². The fourth-order valence-electron chi connectivity index (χ4n) is 3.75. The van der Waals surface area contributed by atoms with Crippen LogP contribution in [0.15, 0.2) is 47.2 Å². The second kappa shape index (κ2) is 8.75. The molecule has 3 aromatic rings. The van der Waals surface area contributed by atoms with Gasteiger partial charge in [0.2, 0.25) is 5.91 Å². The number of carbonyl (C=O) groups is 2. The maximum Gasteiger partial charge on any atom is 0.253 e. The predicted molar refractivity (Wildman–Crippen MR) is 119 cm³/mol. The van der Waals surface area contributed by atoms with Gasteiger partial charge >= 0.3 is 0 Å². The number of hydrogen-bond donors (Lipinski definition) is 1. The van der Waals surface area contributed by atoms with Gasteiger partial charge in [-0.1, -0.05) is 0 Å². The van der Waals surface area contributed by atoms with Crippen molar-refractivity contribution in [3.8, 4) is 11.3 Å². The maximum absolute atomic E-state index is 12.8. The molecule has 0 unspecified atom stereocenters. The van der Waals surface area contributed by atoms with Crippen LogP contribution in [-0.2, 0) is 4.79 Å². The highest BCUT2D eigenvalue weighted by molar-refractivity contribution is 7.08. The zero-order chi connectivity index (χ0) is 21.1. The molecule has 1 aliphatic rings. The van der Waals surface area contributed by atoms with Crippen molar-refractivity contribution < 1.29 is 9.59 Å². The van der Waals surface area contributed by atoms with E-state index in [2.05, 4.69) is 27.1 Å². The third-order valence-electron chi connectivity index (χ3n) is 5.29. The molecule has 154 valence electrons. The topological polar surface area (TPSA) is 75.2 Å². The summed E-state index contributed by atoms with van der Waals surface area (Å²) in [7, 11) is 0. The van der Waals surface area contributed by atoms with Gasteiger partial charge in [0.1, 0.15) is 5.82 Å². The lowest BCUT2D eigenvalue weighted by atomic mass is 9.95. The summed E-state index contributed by atoms with van der Waals surface area (Å²) in [5.74, 6) is 1.03. The lowest BCUT2D eigenvalue weighted by Gasteiger charge is -2.31. The number of aryl methyl sites for hydroxylation is 1. The molecular weight excluding hydrogens is 396 g/mol. The van der Waals surface area contributed by atoms with Crippen LogP contribution in [0.2, 0.25) is 0 Å². The number of nitrogens with one attached hydrogen (secondary N) is 1. The summed E-state index contributed by atoms with van der Waals surface area (Å²) in [5.41, 5.74) is 4.39. The van der Waals surface area contributed by atoms with E-state index in [1.807, 2.05) is 17.9 Å². The van der Waals surface area contributed by atoms with Crippen molar-refractivity contribution in [2.75, 3.05) is 18.4 Å². The number of hydrogen-bond acceptors (Lipinski definition) is 5. The van der Waals surface area contributed by atoms with Gasteiger partial charge in [-0.05, 0) is 61.5 Å². The summed E-state index contributed by atoms with van der Waals surface area (Å²) in [6.07, 6.45) is 1.70. The molecule has 0 spiro atoms. The molecule has 0 saturated carbocycles. The zero-order valence-corrected chi connectivity index (χ0v) is 17.9. The smallest absolute Gasteiger partial charge is 0.253 e. The van der Waals surface area contributed by atoms with Crippen LogP contribution in [0, 0.1) is 6.92 Å². The molecule has 30 heavy (non-hydrogen) atoms. The quantitative estimate of drug-likeness (QED) is 0.675. The first kappa shape index (κ1) is 20.2. The number of likely N-dealkylation sites (tertiary alicyclic amines) is 1. The molecule has 0 bridgehead atoms. The lowest BCUT2D eigenvalue weighted by molar-refractivity contribution is -0.114. The molecule has 7 heteroatoms. The number of carbonyl (C=O) groups excluding carboxylic acids is 2. The highest BCUT2D eigenvalue weighted by Gasteiger charge is 2.26. The summed E-state index contributed by atoms with van der Waals surface area (Å²) >= 11 is 1.66. The molecule has 0 radical (unpaired) electrons. The van der Waals surface area contributed by atoms with Crippen molar-refractivity contribution in [1.82, 2.24) is 14.9 Å². The van der Waals surface area contributed by atoms with E-state index in [-0.39, 0.29) is 17.7 Å². The molecule has 1 fully saturated rings. The lowest BCUT2D eigenvalue weighted by Crippen LogP contribution is -2.38.